The molecule has 2 atom stereocenters. The molecule has 1 fully saturated rings. The number of nitriles is 1. The molecule has 2 N–H and O–H groups in total. The van der Waals surface area contributed by atoms with Gasteiger partial charge in [0.2, 0.25) is 5.91 Å². The number of rotatable bonds is 9. The molecular formula is C29H36N4O4. The van der Waals surface area contributed by atoms with E-state index in [4.69, 9.17) is 4.74 Å². The lowest BCUT2D eigenvalue weighted by molar-refractivity contribution is -0.156. The second-order valence-corrected chi connectivity index (χ2v) is 9.87. The van der Waals surface area contributed by atoms with Gasteiger partial charge < -0.3 is 15.4 Å². The van der Waals surface area contributed by atoms with Crippen LogP contribution in [0.5, 0.6) is 0 Å². The first kappa shape index (κ1) is 27.9. The molecule has 8 nitrogen and oxygen atoms in total. The lowest BCUT2D eigenvalue weighted by Crippen LogP contribution is -2.61. The van der Waals surface area contributed by atoms with Crippen LogP contribution in [-0.2, 0) is 27.3 Å². The van der Waals surface area contributed by atoms with Crippen molar-refractivity contribution < 1.29 is 19.1 Å². The molecule has 1 aliphatic heterocycles. The van der Waals surface area contributed by atoms with Crippen molar-refractivity contribution in [3.8, 4) is 6.07 Å². The van der Waals surface area contributed by atoms with Gasteiger partial charge in [-0.25, -0.2) is 4.79 Å². The zero-order chi connectivity index (χ0) is 26.7. The van der Waals surface area contributed by atoms with E-state index in [2.05, 4.69) is 16.7 Å². The topological polar surface area (TPSA) is 112 Å². The second-order valence-electron chi connectivity index (χ2n) is 9.87. The standard InChI is InChI=1S/C29H36N4O4/c1-22(2)17-25(37-28(36)32-19-24-13-7-4-8-14-24)27(35)33(26(34)18-23-11-5-3-6-12-23)29(20-30)15-9-10-16-31-21-29/h3-8,11-14,22,25,31H,9-10,15-19,21H2,1-2H3,(H,32,36). The van der Waals surface area contributed by atoms with Gasteiger partial charge in [0, 0.05) is 13.1 Å². The number of hydrogen-bond acceptors (Lipinski definition) is 6. The zero-order valence-corrected chi connectivity index (χ0v) is 21.6. The van der Waals surface area contributed by atoms with Crippen LogP contribution in [0.3, 0.4) is 0 Å². The average Bonchev–Trinajstić information content (AvgIpc) is 3.14. The first-order valence-electron chi connectivity index (χ1n) is 12.9. The van der Waals surface area contributed by atoms with E-state index >= 15 is 0 Å². The average molecular weight is 505 g/mol. The van der Waals surface area contributed by atoms with Gasteiger partial charge in [-0.15, -0.1) is 0 Å². The minimum Gasteiger partial charge on any atom is -0.436 e. The molecule has 3 amide bonds. The van der Waals surface area contributed by atoms with Crippen LogP contribution < -0.4 is 10.6 Å². The van der Waals surface area contributed by atoms with Gasteiger partial charge in [0.05, 0.1) is 12.5 Å². The van der Waals surface area contributed by atoms with E-state index in [0.29, 0.717) is 19.4 Å². The van der Waals surface area contributed by atoms with Gasteiger partial charge in [-0.05, 0) is 49.3 Å². The fourth-order valence-corrected chi connectivity index (χ4v) is 4.52. The summed E-state index contributed by atoms with van der Waals surface area (Å²) in [7, 11) is 0. The number of hydrogen-bond donors (Lipinski definition) is 2. The Kier molecular flexibility index (Phi) is 10.2. The number of carbonyl (C=O) groups is 3. The van der Waals surface area contributed by atoms with Gasteiger partial charge in [-0.3, -0.25) is 14.5 Å². The Morgan fingerprint density at radius 3 is 2.32 bits per heavy atom. The van der Waals surface area contributed by atoms with Gasteiger partial charge in [-0.2, -0.15) is 5.26 Å². The third-order valence-electron chi connectivity index (χ3n) is 6.41. The van der Waals surface area contributed by atoms with Gasteiger partial charge >= 0.3 is 6.09 Å². The van der Waals surface area contributed by atoms with Crippen LogP contribution in [0.15, 0.2) is 60.7 Å². The Morgan fingerprint density at radius 2 is 1.70 bits per heavy atom. The number of benzene rings is 2. The summed E-state index contributed by atoms with van der Waals surface area (Å²) in [6, 6.07) is 20.8. The van der Waals surface area contributed by atoms with E-state index < -0.39 is 29.6 Å². The maximum Gasteiger partial charge on any atom is 0.408 e. The molecule has 8 heteroatoms. The van der Waals surface area contributed by atoms with Crippen LogP contribution in [0.1, 0.15) is 50.7 Å². The lowest BCUT2D eigenvalue weighted by atomic mass is 9.90. The summed E-state index contributed by atoms with van der Waals surface area (Å²) < 4.78 is 5.61. The number of amides is 3. The Labute approximate surface area is 219 Å². The summed E-state index contributed by atoms with van der Waals surface area (Å²) in [6.45, 7) is 4.94. The van der Waals surface area contributed by atoms with E-state index in [1.54, 1.807) is 0 Å². The quantitative estimate of drug-likeness (QED) is 0.535. The molecule has 1 saturated heterocycles. The zero-order valence-electron chi connectivity index (χ0n) is 21.6. The molecule has 1 aliphatic rings. The van der Waals surface area contributed by atoms with Crippen LogP contribution in [0.4, 0.5) is 4.79 Å². The van der Waals surface area contributed by atoms with Crippen molar-refractivity contribution in [3.63, 3.8) is 0 Å². The summed E-state index contributed by atoms with van der Waals surface area (Å²) in [4.78, 5) is 41.5. The molecule has 0 saturated carbocycles. The molecule has 196 valence electrons. The SMILES string of the molecule is CC(C)CC(OC(=O)NCc1ccccc1)C(=O)N(C(=O)Cc1ccccc1)C1(C#N)CCCCNC1. The highest BCUT2D eigenvalue weighted by Crippen LogP contribution is 2.28. The monoisotopic (exact) mass is 504 g/mol. The first-order chi connectivity index (χ1) is 17.8. The third-order valence-corrected chi connectivity index (χ3v) is 6.41. The molecule has 3 rings (SSSR count). The Morgan fingerprint density at radius 1 is 1.05 bits per heavy atom. The van der Waals surface area contributed by atoms with E-state index in [1.807, 2.05) is 74.5 Å². The maximum absolute atomic E-state index is 14.0. The molecule has 2 aromatic carbocycles. The fraction of sp³-hybridized carbons (Fsp3) is 0.448. The van der Waals surface area contributed by atoms with Crippen molar-refractivity contribution in [1.82, 2.24) is 15.5 Å². The van der Waals surface area contributed by atoms with Crippen LogP contribution in [0.2, 0.25) is 0 Å². The van der Waals surface area contributed by atoms with E-state index in [1.165, 1.54) is 0 Å². The van der Waals surface area contributed by atoms with Crippen LogP contribution in [-0.4, -0.2) is 47.5 Å². The Bertz CT molecular complexity index is 1070. The van der Waals surface area contributed by atoms with Crippen LogP contribution in [0.25, 0.3) is 0 Å². The van der Waals surface area contributed by atoms with Gasteiger partial charge in [0.15, 0.2) is 6.10 Å². The summed E-state index contributed by atoms with van der Waals surface area (Å²) in [5, 5.41) is 16.2. The number of nitrogens with one attached hydrogen (secondary N) is 2. The molecule has 2 aromatic rings. The Hall–Kier alpha value is -3.70. The van der Waals surface area contributed by atoms with Crippen LogP contribution in [0, 0.1) is 17.2 Å². The predicted octanol–water partition coefficient (Wildman–Crippen LogP) is 3.96. The summed E-state index contributed by atoms with van der Waals surface area (Å²) in [5.74, 6) is -1.13. The molecular weight excluding hydrogens is 468 g/mol. The van der Waals surface area contributed by atoms with E-state index in [-0.39, 0.29) is 31.8 Å². The summed E-state index contributed by atoms with van der Waals surface area (Å²) in [6.07, 6.45) is 0.124. The van der Waals surface area contributed by atoms with Gasteiger partial charge in [0.1, 0.15) is 5.54 Å². The smallest absolute Gasteiger partial charge is 0.408 e. The minimum atomic E-state index is -1.36. The maximum atomic E-state index is 14.0. The molecule has 1 heterocycles. The highest BCUT2D eigenvalue weighted by atomic mass is 16.6. The van der Waals surface area contributed by atoms with Crippen molar-refractivity contribution in [2.24, 2.45) is 5.92 Å². The molecule has 0 aliphatic carbocycles. The number of ether oxygens (including phenoxy) is 1. The molecule has 0 aromatic heterocycles. The third kappa shape index (κ3) is 7.89. The summed E-state index contributed by atoms with van der Waals surface area (Å²) in [5.41, 5.74) is 0.263. The molecule has 37 heavy (non-hydrogen) atoms. The normalized spacial score (nSPS) is 18.2. The molecule has 0 bridgehead atoms. The van der Waals surface area contributed by atoms with E-state index in [0.717, 1.165) is 22.4 Å². The highest BCUT2D eigenvalue weighted by Gasteiger charge is 2.47. The number of alkyl carbamates (subject to hydrolysis) is 1. The highest BCUT2D eigenvalue weighted by molar-refractivity contribution is 6.00. The molecule has 2 unspecified atom stereocenters. The fourth-order valence-electron chi connectivity index (χ4n) is 4.52. The lowest BCUT2D eigenvalue weighted by Gasteiger charge is -2.38. The van der Waals surface area contributed by atoms with Crippen molar-refractivity contribution in [3.05, 3.63) is 71.8 Å². The largest absolute Gasteiger partial charge is 0.436 e. The second kappa shape index (κ2) is 13.6. The van der Waals surface area contributed by atoms with Crippen LogP contribution >= 0.6 is 0 Å². The number of imide groups is 1. The van der Waals surface area contributed by atoms with Gasteiger partial charge in [-0.1, -0.05) is 74.5 Å². The summed E-state index contributed by atoms with van der Waals surface area (Å²) >= 11 is 0. The van der Waals surface area contributed by atoms with Crippen molar-refractivity contribution in [2.45, 2.75) is 64.1 Å². The van der Waals surface area contributed by atoms with Gasteiger partial charge in [0.25, 0.3) is 5.91 Å². The van der Waals surface area contributed by atoms with Crippen molar-refractivity contribution in [2.75, 3.05) is 13.1 Å². The molecule has 0 radical (unpaired) electrons. The number of nitrogens with zero attached hydrogens (tertiary/aromatic N) is 2. The predicted molar refractivity (Wildman–Crippen MR) is 140 cm³/mol. The number of carbonyl (C=O) groups excluding carboxylic acids is 3. The van der Waals surface area contributed by atoms with Crippen molar-refractivity contribution >= 4 is 17.9 Å². The molecule has 0 spiro atoms. The Balaban J connectivity index is 1.87. The van der Waals surface area contributed by atoms with E-state index in [9.17, 15) is 19.6 Å². The minimum absolute atomic E-state index is 0.00671. The first-order valence-corrected chi connectivity index (χ1v) is 12.9. The van der Waals surface area contributed by atoms with Crippen molar-refractivity contribution in [1.29, 1.82) is 5.26 Å².